The summed E-state index contributed by atoms with van der Waals surface area (Å²) < 4.78 is 28.5. The number of fused-ring (bicyclic) bond motifs is 1. The van der Waals surface area contributed by atoms with Crippen molar-refractivity contribution < 1.29 is 48.0 Å². The largest absolute Gasteiger partial charge is 0.505 e. The normalized spacial score (nSPS) is 11.3. The summed E-state index contributed by atoms with van der Waals surface area (Å²) in [6, 6.07) is 42.3. The molecule has 0 bridgehead atoms. The van der Waals surface area contributed by atoms with E-state index in [-0.39, 0.29) is 23.3 Å². The van der Waals surface area contributed by atoms with E-state index >= 15 is 0 Å². The number of ether oxygens (including phenoxy) is 5. The van der Waals surface area contributed by atoms with E-state index < -0.39 is 5.97 Å². The molecule has 0 spiro atoms. The highest BCUT2D eigenvalue weighted by Gasteiger charge is 2.12. The average molecular weight is 1390 g/mol. The lowest BCUT2D eigenvalue weighted by atomic mass is 10.1. The van der Waals surface area contributed by atoms with Crippen molar-refractivity contribution in [1.29, 1.82) is 0 Å². The van der Waals surface area contributed by atoms with Gasteiger partial charge in [0.15, 0.2) is 11.6 Å². The first-order valence-electron chi connectivity index (χ1n) is 33.5. The first-order valence-corrected chi connectivity index (χ1v) is 35.1. The molecule has 0 fully saturated rings. The second-order valence-corrected chi connectivity index (χ2v) is 24.6. The number of allylic oxidation sites excluding steroid dienone is 2. The number of esters is 2. The Bertz CT molecular complexity index is 4030. The first-order chi connectivity index (χ1) is 48.8. The van der Waals surface area contributed by atoms with E-state index in [4.69, 9.17) is 23.7 Å². The van der Waals surface area contributed by atoms with Gasteiger partial charge in [-0.25, -0.2) is 9.78 Å². The maximum absolute atomic E-state index is 11.3. The molecule has 0 aliphatic rings. The van der Waals surface area contributed by atoms with Crippen LogP contribution in [-0.4, -0.2) is 79.7 Å². The van der Waals surface area contributed by atoms with Crippen molar-refractivity contribution >= 4 is 117 Å². The Labute approximate surface area is 592 Å². The van der Waals surface area contributed by atoms with E-state index in [1.165, 1.54) is 40.9 Å². The predicted octanol–water partition coefficient (Wildman–Crippen LogP) is 22.8. The molecule has 8 rings (SSSR count). The van der Waals surface area contributed by atoms with Gasteiger partial charge in [0.25, 0.3) is 0 Å². The van der Waals surface area contributed by atoms with Crippen LogP contribution in [0, 0.1) is 6.92 Å². The lowest BCUT2D eigenvalue weighted by Crippen LogP contribution is -2.27. The molecule has 8 aromatic rings. The van der Waals surface area contributed by atoms with Gasteiger partial charge >= 0.3 is 11.9 Å². The van der Waals surface area contributed by atoms with Crippen LogP contribution < -0.4 is 19.1 Å². The number of phenols is 1. The minimum absolute atomic E-state index is 0.0374. The van der Waals surface area contributed by atoms with Crippen molar-refractivity contribution in [1.82, 2.24) is 4.98 Å². The fourth-order valence-corrected chi connectivity index (χ4v) is 11.1. The number of carbonyl (C=O) groups is 4. The van der Waals surface area contributed by atoms with Gasteiger partial charge in [-0.15, -0.1) is 25.6 Å². The number of aromatic hydroxyl groups is 1. The van der Waals surface area contributed by atoms with Crippen LogP contribution in [0.5, 0.6) is 23.0 Å². The third-order valence-corrected chi connectivity index (χ3v) is 16.8. The monoisotopic (exact) mass is 1390 g/mol. The van der Waals surface area contributed by atoms with Crippen molar-refractivity contribution in [2.24, 2.45) is 51.1 Å². The van der Waals surface area contributed by atoms with Crippen LogP contribution in [-0.2, 0) is 28.7 Å². The Morgan fingerprint density at radius 1 is 0.470 bits per heavy atom. The van der Waals surface area contributed by atoms with Crippen molar-refractivity contribution in [2.45, 2.75) is 117 Å². The smallest absolute Gasteiger partial charge is 0.330 e. The van der Waals surface area contributed by atoms with Gasteiger partial charge in [0, 0.05) is 43.6 Å². The lowest BCUT2D eigenvalue weighted by Gasteiger charge is -2.22. The molecule has 522 valence electrons. The Kier molecular flexibility index (Phi) is 33.5. The molecular weight excluding hydrogens is 1310 g/mol. The number of hydrogen-bond acceptors (Lipinski definition) is 24. The number of ketones is 2. The average Bonchev–Trinajstić information content (AvgIpc) is 1.69. The summed E-state index contributed by atoms with van der Waals surface area (Å²) in [5, 5.41) is 55.0. The number of hydrogen-bond donors (Lipinski definition) is 1. The number of benzene rings is 6. The number of nitrogens with zero attached hydrogens (tertiary/aromatic N) is 12. The Balaban J connectivity index is 0.000000282. The van der Waals surface area contributed by atoms with Crippen LogP contribution in [0.15, 0.2) is 229 Å². The summed E-state index contributed by atoms with van der Waals surface area (Å²) in [6.07, 6.45) is 16.9. The van der Waals surface area contributed by atoms with Crippen LogP contribution in [0.4, 0.5) is 61.3 Å². The van der Waals surface area contributed by atoms with E-state index in [1.54, 1.807) is 36.4 Å². The Hall–Kier alpha value is -10.6. The second kappa shape index (κ2) is 43.6. The zero-order valence-corrected chi connectivity index (χ0v) is 58.6. The second-order valence-electron chi connectivity index (χ2n) is 22.5. The predicted molar refractivity (Wildman–Crippen MR) is 395 cm³/mol. The topological polar surface area (TPSA) is 274 Å². The summed E-state index contributed by atoms with van der Waals surface area (Å²) in [5.41, 5.74) is 7.03. The van der Waals surface area contributed by atoms with Crippen molar-refractivity contribution in [2.75, 3.05) is 51.0 Å². The highest BCUT2D eigenvalue weighted by atomic mass is 32.1. The lowest BCUT2D eigenvalue weighted by molar-refractivity contribution is -0.143. The molecule has 0 saturated heterocycles. The van der Waals surface area contributed by atoms with Crippen LogP contribution >= 0.6 is 22.7 Å². The molecule has 0 aliphatic heterocycles. The first kappa shape index (κ1) is 76.8. The quantitative estimate of drug-likeness (QED) is 0.0162. The molecule has 22 nitrogen and oxygen atoms in total. The Morgan fingerprint density at radius 2 is 0.930 bits per heavy atom. The zero-order valence-electron chi connectivity index (χ0n) is 57.0. The molecule has 2 heterocycles. The third kappa shape index (κ3) is 28.5. The number of rotatable bonds is 43. The number of unbranched alkanes of at least 4 members (excludes halogenated alkanes) is 9. The van der Waals surface area contributed by atoms with Crippen molar-refractivity contribution in [3.63, 3.8) is 0 Å². The number of azo groups is 5. The molecule has 0 unspecified atom stereocenters. The SMILES string of the molecule is C=CC(=O)CCCCCOc1ccc(N=Nc2ccc(N=Nc3ccc(N=Nc4ccc(OCCCCCC(=O)C=C)cc4O)cc3)c(C)c2)cc1.C=CC(=O)OCCN(CC)c1ccc(N=Nc2nc3sc(N=Nc4ccc(OCCCCCCCCOC(=O)CC)cc4)cc3s2)cc1. The van der Waals surface area contributed by atoms with E-state index in [9.17, 15) is 24.3 Å². The number of carbonyl (C=O) groups excluding carboxylic acids is 4. The van der Waals surface area contributed by atoms with Crippen LogP contribution in [0.2, 0.25) is 0 Å². The van der Waals surface area contributed by atoms with Gasteiger partial charge in [-0.3, -0.25) is 14.4 Å². The maximum Gasteiger partial charge on any atom is 0.330 e. The molecule has 24 heteroatoms. The fraction of sp³-hybridized carbons (Fsp3) is 0.329. The molecule has 0 amide bonds. The number of likely N-dealkylation sites (N-methyl/N-ethyl adjacent to an activating group) is 1. The summed E-state index contributed by atoms with van der Waals surface area (Å²) in [5.74, 6) is 1.67. The number of thiophene rings is 1. The van der Waals surface area contributed by atoms with Crippen molar-refractivity contribution in [3.05, 3.63) is 183 Å². The molecule has 0 saturated carbocycles. The number of aromatic nitrogens is 1. The molecule has 1 N–H and O–H groups in total. The Morgan fingerprint density at radius 3 is 1.46 bits per heavy atom. The van der Waals surface area contributed by atoms with Gasteiger partial charge in [0.2, 0.25) is 5.13 Å². The van der Waals surface area contributed by atoms with Crippen LogP contribution in [0.1, 0.15) is 116 Å². The molecule has 0 atom stereocenters. The van der Waals surface area contributed by atoms with Crippen LogP contribution in [0.25, 0.3) is 9.53 Å². The minimum atomic E-state index is -0.423. The standard InChI is InChI=1S/C41H44N6O5.C35H42N6O5S2/c1-4-35(48)12-8-6-10-26-51-37-21-18-33(19-22-37)42-45-34-20-24-39(30(3)28-34)46-43-31-14-16-32(17-15-31)44-47-40-25-23-38(29-41(40)50)52-27-11-7-9-13-36(49)5-2;1-4-32(42)45-23-12-10-8-7-9-11-22-44-29-19-15-27(16-20-29)37-39-31-25-30-34(48-31)36-35(47-30)40-38-26-13-17-28(18-14-26)41(6-3)21-24-46-33(43)5-2/h4-5,14-25,28-29,50H,1-2,6-13,26-27H2,3H3;5,13-20,25H,2,4,6-12,21-24H2,1,3H3. The third-order valence-electron chi connectivity index (χ3n) is 14.9. The number of aryl methyl sites for hydroxylation is 1. The van der Waals surface area contributed by atoms with Gasteiger partial charge in [0.1, 0.15) is 45.1 Å². The van der Waals surface area contributed by atoms with Gasteiger partial charge in [-0.05, 0) is 216 Å². The number of thiazole rings is 1. The molecular formula is C76H86N12O10S2. The van der Waals surface area contributed by atoms with E-state index in [0.717, 1.165) is 133 Å². The minimum Gasteiger partial charge on any atom is -0.505 e. The maximum atomic E-state index is 11.3. The number of phenolic OH excluding ortho intramolecular Hbond substituents is 1. The summed E-state index contributed by atoms with van der Waals surface area (Å²) in [4.78, 5) is 52.5. The van der Waals surface area contributed by atoms with E-state index in [1.807, 2.05) is 118 Å². The zero-order chi connectivity index (χ0) is 70.9. The number of anilines is 1. The molecule has 0 radical (unpaired) electrons. The fourth-order valence-electron chi connectivity index (χ4n) is 9.29. The van der Waals surface area contributed by atoms with Gasteiger partial charge < -0.3 is 33.7 Å². The molecule has 2 aromatic heterocycles. The van der Waals surface area contributed by atoms with Gasteiger partial charge in [-0.1, -0.05) is 75.0 Å². The highest BCUT2D eigenvalue weighted by molar-refractivity contribution is 7.30. The van der Waals surface area contributed by atoms with Crippen molar-refractivity contribution in [3.8, 4) is 23.0 Å². The summed E-state index contributed by atoms with van der Waals surface area (Å²) in [7, 11) is 0. The molecule has 100 heavy (non-hydrogen) atoms. The molecule has 6 aromatic carbocycles. The van der Waals surface area contributed by atoms with Gasteiger partial charge in [0.05, 0.1) is 77.5 Å². The summed E-state index contributed by atoms with van der Waals surface area (Å²) in [6.45, 7) is 20.1. The van der Waals surface area contributed by atoms with E-state index in [0.29, 0.717) is 110 Å². The van der Waals surface area contributed by atoms with E-state index in [2.05, 4.69) is 80.8 Å². The van der Waals surface area contributed by atoms with Crippen LogP contribution in [0.3, 0.4) is 0 Å². The highest BCUT2D eigenvalue weighted by Crippen LogP contribution is 2.40. The molecule has 0 aliphatic carbocycles. The summed E-state index contributed by atoms with van der Waals surface area (Å²) >= 11 is 2.91. The van der Waals surface area contributed by atoms with Gasteiger partial charge in [-0.2, -0.15) is 25.6 Å².